The zero-order valence-corrected chi connectivity index (χ0v) is 20.5. The van der Waals surface area contributed by atoms with Gasteiger partial charge in [0.15, 0.2) is 0 Å². The molecule has 22 fully saturated rings. The minimum Gasteiger partial charge on any atom is -0.0461 e. The molecule has 0 bridgehead atoms. The first-order valence-corrected chi connectivity index (χ1v) is 17.9. The Balaban J connectivity index is 0.000000218. The molecule has 0 aromatic carbocycles. The summed E-state index contributed by atoms with van der Waals surface area (Å²) in [6.07, 6.45) is 7.00. The van der Waals surface area contributed by atoms with Crippen LogP contribution in [-0.4, -0.2) is 0 Å². The third kappa shape index (κ3) is 0.409. The van der Waals surface area contributed by atoms with Crippen LogP contribution in [0.5, 0.6) is 0 Å². The van der Waals surface area contributed by atoms with Crippen LogP contribution in [0.15, 0.2) is 0 Å². The predicted molar refractivity (Wildman–Crippen MR) is 130 cm³/mol. The third-order valence-electron chi connectivity index (χ3n) is 27.7. The zero-order chi connectivity index (χ0) is 28.5. The van der Waals surface area contributed by atoms with E-state index < -0.39 is 0 Å². The first-order valence-electron chi connectivity index (χ1n) is 21.9. The molecule has 0 amide bonds. The summed E-state index contributed by atoms with van der Waals surface area (Å²) < 4.78 is 40.0. The highest BCUT2D eigenvalue weighted by Crippen LogP contribution is 3.38. The normalized spacial score (nSPS) is 123. The average molecular weight is 482 g/mol. The second-order valence-electron chi connectivity index (χ2n) is 22.0. The molecule has 0 N–H and O–H groups in total. The highest BCUT2D eigenvalue weighted by atomic mass is 15.4. The SMILES string of the molecule is C1C2CC3C4C5C6C7C8C9C%10C%11C%12CC%13CC%14C%15C%16C%17C%18C%19C%20C%21C%22C1C23C%224C%215C%206C%197C%188C%179C%16%10C%15%11C%13%14%12.[2HH].[2H][2H].[2H][2H].[2H][2H].[2H][2H]. The Kier molecular flexibility index (Phi) is 0.788. The van der Waals surface area contributed by atoms with Crippen LogP contribution < -0.4 is 0 Å². The molecule has 0 aromatic heterocycles. The quantitative estimate of drug-likeness (QED) is 0.429. The van der Waals surface area contributed by atoms with E-state index in [4.69, 9.17) is 11.9 Å². The summed E-state index contributed by atoms with van der Waals surface area (Å²) in [4.78, 5) is 0. The van der Waals surface area contributed by atoms with Gasteiger partial charge in [-0.2, -0.15) is 0 Å². The fourth-order valence-corrected chi connectivity index (χ4v) is 32.3. The molecule has 22 saturated carbocycles. The first kappa shape index (κ1) is 11.9. The fourth-order valence-electron chi connectivity index (χ4n) is 32.3. The Bertz CT molecular complexity index is 1620. The number of hydrogen-bond acceptors (Lipinski definition) is 0. The van der Waals surface area contributed by atoms with E-state index in [-0.39, 0.29) is 1.43 Å². The van der Waals surface area contributed by atoms with Crippen LogP contribution in [0.1, 0.15) is 39.0 Å². The first-order chi connectivity index (χ1) is 21.9. The van der Waals surface area contributed by atoms with Gasteiger partial charge in [0, 0.05) is 13.3 Å². The van der Waals surface area contributed by atoms with Crippen molar-refractivity contribution in [3.05, 3.63) is 0 Å². The van der Waals surface area contributed by atoms with E-state index in [9.17, 15) is 0 Å². The van der Waals surface area contributed by atoms with Gasteiger partial charge in [-0.25, -0.2) is 0 Å². The van der Waals surface area contributed by atoms with Crippen molar-refractivity contribution in [1.29, 1.82) is 0 Å². The second kappa shape index (κ2) is 2.39. The second-order valence-corrected chi connectivity index (χ2v) is 22.0. The molecule has 22 aliphatic carbocycles. The standard InChI is InChI=1S/C36H30.5H2/c1-5-2-8-12-16-20-25-26-22-18-14-10-4-6-3-9-13-17-21-24-23-19-15-11-7(1)27(5,8)29(11,12)31(15,16)33(19,20)35(23,25)36(24,26)34(21,22)32(17,18)30(13,14)28(6,9)10;;;;;/h5-26H,1-4H2;5*1H/i;4*1+1D;1+1. The lowest BCUT2D eigenvalue weighted by molar-refractivity contribution is -0.920. The smallest absolute Gasteiger partial charge is 0 e. The van der Waals surface area contributed by atoms with Crippen molar-refractivity contribution in [3.63, 3.8) is 0 Å². The van der Waals surface area contributed by atoms with E-state index in [0.29, 0.717) is 0 Å². The lowest BCUT2D eigenvalue weighted by Gasteiger charge is -3.37. The van der Waals surface area contributed by atoms with Crippen LogP contribution in [0.3, 0.4) is 0 Å². The van der Waals surface area contributed by atoms with Gasteiger partial charge in [0.05, 0.1) is 0 Å². The number of rotatable bonds is 0. The van der Waals surface area contributed by atoms with Crippen LogP contribution in [0.4, 0.5) is 0 Å². The maximum absolute atomic E-state index is 5.00. The fraction of sp³-hybridized carbons (Fsp3) is 1.00. The summed E-state index contributed by atoms with van der Waals surface area (Å²) in [5, 5.41) is 0. The van der Waals surface area contributed by atoms with Gasteiger partial charge < -0.3 is 0 Å². The number of fused-ring (bicyclic) bond motifs is 18. The Morgan fingerprint density at radius 1 is 0.306 bits per heavy atom. The minimum absolute atomic E-state index is 0. The molecular weight excluding hydrogens is 432 g/mol. The van der Waals surface area contributed by atoms with Gasteiger partial charge in [-0.3, -0.25) is 0 Å². The molecule has 184 valence electrons. The van der Waals surface area contributed by atoms with Crippen molar-refractivity contribution in [1.82, 2.24) is 0 Å². The van der Waals surface area contributed by atoms with Gasteiger partial charge in [0.2, 0.25) is 0 Å². The Labute approximate surface area is 223 Å². The third-order valence-corrected chi connectivity index (χ3v) is 27.7. The lowest BCUT2D eigenvalue weighted by atomic mass is 8.66. The van der Waals surface area contributed by atoms with E-state index in [2.05, 4.69) is 0 Å². The monoisotopic (exact) mass is 481 g/mol. The van der Waals surface area contributed by atoms with Gasteiger partial charge in [0.25, 0.3) is 0 Å². The Morgan fingerprint density at radius 3 is 0.778 bits per heavy atom. The summed E-state index contributed by atoms with van der Waals surface area (Å²) >= 11 is 0. The molecule has 0 aliphatic heterocycles. The van der Waals surface area contributed by atoms with Crippen LogP contribution in [0, 0.1) is 184 Å². The van der Waals surface area contributed by atoms with Gasteiger partial charge >= 0.3 is 0 Å². The molecule has 36 heavy (non-hydrogen) atoms. The summed E-state index contributed by atoms with van der Waals surface area (Å²) in [5.41, 5.74) is 10.9. The maximum atomic E-state index is 5.00. The van der Waals surface area contributed by atoms with E-state index in [1.807, 2.05) is 0 Å². The summed E-state index contributed by atoms with van der Waals surface area (Å²) in [7, 11) is 0. The van der Waals surface area contributed by atoms with Gasteiger partial charge in [-0.1, -0.05) is 0 Å². The van der Waals surface area contributed by atoms with Crippen molar-refractivity contribution in [3.8, 4) is 0 Å². The molecule has 10 spiro atoms. The minimum atomic E-state index is 0. The Morgan fingerprint density at radius 2 is 0.528 bits per heavy atom. The van der Waals surface area contributed by atoms with Gasteiger partial charge in [-0.15, -0.1) is 0 Å². The molecule has 0 radical (unpaired) electrons. The lowest BCUT2D eigenvalue weighted by Crippen LogP contribution is -3.35. The molecule has 0 heteroatoms. The maximum Gasteiger partial charge on any atom is 0 e. The van der Waals surface area contributed by atoms with E-state index >= 15 is 0 Å². The molecular formula is C36H40. The van der Waals surface area contributed by atoms with Crippen molar-refractivity contribution >= 4 is 0 Å². The average Bonchev–Trinajstić information content (AvgIpc) is 2.97. The van der Waals surface area contributed by atoms with E-state index in [1.54, 1.807) is 25.7 Å². The predicted octanol–water partition coefficient (Wildman–Crippen LogP) is 5.50. The van der Waals surface area contributed by atoms with Crippen LogP contribution in [0.2, 0.25) is 0 Å². The molecule has 22 aliphatic rings. The molecule has 20 unspecified atom stereocenters. The summed E-state index contributed by atoms with van der Waals surface area (Å²) in [5.74, 6) is 29.9. The largest absolute Gasteiger partial charge is 0.0461 e. The van der Waals surface area contributed by atoms with Gasteiger partial charge in [-0.05, 0) is 210 Å². The zero-order valence-electron chi connectivity index (χ0n) is 28.5. The van der Waals surface area contributed by atoms with Crippen LogP contribution in [0.25, 0.3) is 0 Å². The van der Waals surface area contributed by atoms with Crippen molar-refractivity contribution in [2.45, 2.75) is 25.7 Å². The topological polar surface area (TPSA) is 0 Å². The van der Waals surface area contributed by atoms with E-state index in [1.165, 1.54) is 130 Å². The molecule has 0 aromatic rings. The van der Waals surface area contributed by atoms with Crippen molar-refractivity contribution < 1.29 is 13.3 Å². The molecule has 20 atom stereocenters. The Hall–Kier alpha value is 0. The molecule has 0 nitrogen and oxygen atoms in total. The summed E-state index contributed by atoms with van der Waals surface area (Å²) in [6.45, 7) is 0. The summed E-state index contributed by atoms with van der Waals surface area (Å²) in [6, 6.07) is 0. The van der Waals surface area contributed by atoms with Crippen LogP contribution >= 0.6 is 0 Å². The molecule has 0 saturated heterocycles. The van der Waals surface area contributed by atoms with Gasteiger partial charge in [0.1, 0.15) is 0 Å². The van der Waals surface area contributed by atoms with Crippen molar-refractivity contribution in [2.75, 3.05) is 0 Å². The highest BCUT2D eigenvalue weighted by molar-refractivity contribution is 5.82. The van der Waals surface area contributed by atoms with Crippen molar-refractivity contribution in [2.24, 2.45) is 184 Å². The number of hydrogen-bond donors (Lipinski definition) is 0. The highest BCUT2D eigenvalue weighted by Gasteiger charge is 3.36. The molecule has 0 heterocycles. The molecule has 22 rings (SSSR count). The van der Waals surface area contributed by atoms with E-state index in [0.717, 1.165) is 54.1 Å². The van der Waals surface area contributed by atoms with Crippen LogP contribution in [-0.2, 0) is 0 Å².